The van der Waals surface area contributed by atoms with E-state index in [0.717, 1.165) is 30.2 Å². The number of carboxylic acids is 1. The van der Waals surface area contributed by atoms with Crippen molar-refractivity contribution in [1.82, 2.24) is 10.1 Å². The topological polar surface area (TPSA) is 85.5 Å². The number of carbonyl (C=O) groups is 1. The van der Waals surface area contributed by atoms with E-state index in [-0.39, 0.29) is 23.5 Å². The minimum Gasteiger partial charge on any atom is -0.478 e. The molecule has 2 aliphatic heterocycles. The van der Waals surface area contributed by atoms with E-state index < -0.39 is 28.9 Å². The molecule has 1 N–H and O–H groups in total. The molecule has 7 rings (SSSR count). The predicted octanol–water partition coefficient (Wildman–Crippen LogP) is 8.14. The van der Waals surface area contributed by atoms with Crippen LogP contribution in [-0.2, 0) is 16.5 Å². The largest absolute Gasteiger partial charge is 0.478 e. The van der Waals surface area contributed by atoms with E-state index in [1.54, 1.807) is 0 Å². The van der Waals surface area contributed by atoms with Gasteiger partial charge in [0.2, 0.25) is 0 Å². The molecule has 4 aliphatic rings. The number of aromatic nitrogens is 2. The van der Waals surface area contributed by atoms with Crippen LogP contribution >= 0.6 is 23.2 Å². The molecule has 1 aromatic carbocycles. The average molecular weight is 579 g/mol. The molecule has 0 unspecified atom stereocenters. The molecule has 4 fully saturated rings. The van der Waals surface area contributed by atoms with Gasteiger partial charge in [-0.2, -0.15) is 13.2 Å². The van der Waals surface area contributed by atoms with Crippen LogP contribution in [0.5, 0.6) is 0 Å². The third-order valence-electron chi connectivity index (χ3n) is 8.12. The number of benzene rings is 1. The van der Waals surface area contributed by atoms with Gasteiger partial charge in [0.25, 0.3) is 0 Å². The highest BCUT2D eigenvalue weighted by molar-refractivity contribution is 6.39. The van der Waals surface area contributed by atoms with Crippen LogP contribution in [0.15, 0.2) is 41.2 Å². The van der Waals surface area contributed by atoms with Gasteiger partial charge in [0.15, 0.2) is 0 Å². The first-order valence-corrected chi connectivity index (χ1v) is 13.3. The number of hydrogen-bond donors (Lipinski definition) is 1. The fourth-order valence-electron chi connectivity index (χ4n) is 5.68. The van der Waals surface area contributed by atoms with Crippen molar-refractivity contribution < 1.29 is 32.3 Å². The van der Waals surface area contributed by atoms with E-state index in [2.05, 4.69) is 16.2 Å². The van der Waals surface area contributed by atoms with Crippen LogP contribution in [0.25, 0.3) is 17.3 Å². The third-order valence-corrected chi connectivity index (χ3v) is 8.69. The van der Waals surface area contributed by atoms with Crippen LogP contribution in [0.4, 0.5) is 13.2 Å². The summed E-state index contributed by atoms with van der Waals surface area (Å²) >= 11 is 12.8. The maximum absolute atomic E-state index is 13.5. The molecule has 204 valence electrons. The summed E-state index contributed by atoms with van der Waals surface area (Å²) < 4.78 is 52.6. The molecular weight excluding hydrogens is 556 g/mol. The third kappa shape index (κ3) is 4.74. The summed E-state index contributed by atoms with van der Waals surface area (Å²) in [4.78, 5) is 15.6. The standard InChI is InChI=1S/C28H23Cl2F3N2O4/c29-20-12-34-13-21(30)22(20)23-19(24(39-35-23)15-1-2-15)3-4-26-5-7-27(8-6-26,38-14-26)17-9-16(25(36)37)10-18(11-17)28(31,32)33/h3-4,9-13,15H,1-2,5-8,14H2,(H,36,37)/b4-3+. The normalized spacial score (nSPS) is 24.9. The van der Waals surface area contributed by atoms with Crippen LogP contribution in [0.3, 0.4) is 0 Å². The number of rotatable bonds is 6. The number of hydrogen-bond acceptors (Lipinski definition) is 5. The lowest BCUT2D eigenvalue weighted by Crippen LogP contribution is -2.48. The van der Waals surface area contributed by atoms with Crippen molar-refractivity contribution in [3.05, 3.63) is 74.7 Å². The first-order chi connectivity index (χ1) is 18.5. The van der Waals surface area contributed by atoms with Crippen molar-refractivity contribution in [3.8, 4) is 11.3 Å². The van der Waals surface area contributed by atoms with Crippen molar-refractivity contribution in [1.29, 1.82) is 0 Å². The summed E-state index contributed by atoms with van der Waals surface area (Å²) in [6.07, 6.45) is 6.64. The van der Waals surface area contributed by atoms with Crippen LogP contribution in [0.2, 0.25) is 10.0 Å². The quantitative estimate of drug-likeness (QED) is 0.317. The van der Waals surface area contributed by atoms with Crippen LogP contribution in [0, 0.1) is 5.41 Å². The fraction of sp³-hybridized carbons (Fsp3) is 0.393. The Balaban J connectivity index is 1.30. The Bertz CT molecular complexity index is 1450. The Morgan fingerprint density at radius 1 is 1.08 bits per heavy atom. The smallest absolute Gasteiger partial charge is 0.416 e. The molecule has 11 heteroatoms. The Hall–Kier alpha value is -2.88. The highest BCUT2D eigenvalue weighted by atomic mass is 35.5. The Kier molecular flexibility index (Phi) is 6.32. The molecule has 2 bridgehead atoms. The van der Waals surface area contributed by atoms with Crippen molar-refractivity contribution in [2.24, 2.45) is 5.41 Å². The fourth-order valence-corrected chi connectivity index (χ4v) is 6.22. The molecule has 4 heterocycles. The molecule has 2 aliphatic carbocycles. The Labute approximate surface area is 231 Å². The zero-order valence-corrected chi connectivity index (χ0v) is 22.0. The molecule has 3 aromatic rings. The highest BCUT2D eigenvalue weighted by Gasteiger charge is 2.50. The van der Waals surface area contributed by atoms with Gasteiger partial charge in [0.05, 0.1) is 33.4 Å². The Morgan fingerprint density at radius 3 is 2.33 bits per heavy atom. The van der Waals surface area contributed by atoms with E-state index in [9.17, 15) is 23.1 Å². The van der Waals surface area contributed by atoms with Gasteiger partial charge in [0, 0.05) is 34.9 Å². The van der Waals surface area contributed by atoms with Crippen LogP contribution in [0.1, 0.15) is 77.3 Å². The van der Waals surface area contributed by atoms with E-state index in [4.69, 9.17) is 32.5 Å². The predicted molar refractivity (Wildman–Crippen MR) is 138 cm³/mol. The first-order valence-electron chi connectivity index (χ1n) is 12.6. The second-order valence-electron chi connectivity index (χ2n) is 10.6. The highest BCUT2D eigenvalue weighted by Crippen LogP contribution is 2.55. The number of nitrogens with zero attached hydrogens (tertiary/aromatic N) is 2. The van der Waals surface area contributed by atoms with Gasteiger partial charge in [-0.1, -0.05) is 40.5 Å². The van der Waals surface area contributed by atoms with Crippen molar-refractivity contribution >= 4 is 35.2 Å². The number of carboxylic acid groups (broad SMARTS) is 1. The average Bonchev–Trinajstić information content (AvgIpc) is 3.68. The number of aromatic carboxylic acids is 1. The lowest BCUT2D eigenvalue weighted by atomic mass is 9.64. The zero-order valence-electron chi connectivity index (χ0n) is 20.5. The Morgan fingerprint density at radius 2 is 1.77 bits per heavy atom. The number of ether oxygens (including phenoxy) is 1. The summed E-state index contributed by atoms with van der Waals surface area (Å²) in [6.45, 7) is 0.290. The molecule has 39 heavy (non-hydrogen) atoms. The second-order valence-corrected chi connectivity index (χ2v) is 11.5. The maximum Gasteiger partial charge on any atom is 0.416 e. The number of alkyl halides is 3. The van der Waals surface area contributed by atoms with Gasteiger partial charge < -0.3 is 14.4 Å². The van der Waals surface area contributed by atoms with Crippen LogP contribution < -0.4 is 0 Å². The van der Waals surface area contributed by atoms with Gasteiger partial charge in [0.1, 0.15) is 11.5 Å². The molecule has 0 atom stereocenters. The van der Waals surface area contributed by atoms with E-state index in [1.165, 1.54) is 18.5 Å². The first kappa shape index (κ1) is 26.3. The summed E-state index contributed by atoms with van der Waals surface area (Å²) in [7, 11) is 0. The molecule has 2 saturated carbocycles. The molecule has 0 spiro atoms. The van der Waals surface area contributed by atoms with Gasteiger partial charge >= 0.3 is 12.1 Å². The summed E-state index contributed by atoms with van der Waals surface area (Å²) in [5, 5.41) is 14.4. The van der Waals surface area contributed by atoms with E-state index in [0.29, 0.717) is 53.1 Å². The lowest BCUT2D eigenvalue weighted by molar-refractivity contribution is -0.174. The molecule has 0 amide bonds. The zero-order chi connectivity index (χ0) is 27.6. The number of fused-ring (bicyclic) bond motifs is 3. The second kappa shape index (κ2) is 9.35. The molecule has 2 aromatic heterocycles. The number of halogens is 5. The van der Waals surface area contributed by atoms with E-state index >= 15 is 0 Å². The lowest BCUT2D eigenvalue weighted by Gasteiger charge is -2.52. The molecule has 0 radical (unpaired) electrons. The van der Waals surface area contributed by atoms with Gasteiger partial charge in [-0.3, -0.25) is 4.98 Å². The summed E-state index contributed by atoms with van der Waals surface area (Å²) in [6, 6.07) is 2.99. The molecule has 2 saturated heterocycles. The minimum absolute atomic E-state index is 0.256. The summed E-state index contributed by atoms with van der Waals surface area (Å²) in [5.74, 6) is -0.365. The SMILES string of the molecule is O=C(O)c1cc(C(F)(F)F)cc(C23CCC(/C=C/c4c(-c5c(Cl)cncc5Cl)noc4C4CC4)(CC2)CO3)c1. The number of pyridine rings is 1. The van der Waals surface area contributed by atoms with E-state index in [1.807, 2.05) is 6.08 Å². The van der Waals surface area contributed by atoms with Gasteiger partial charge in [-0.05, 0) is 62.3 Å². The van der Waals surface area contributed by atoms with Crippen molar-refractivity contribution in [2.45, 2.75) is 56.2 Å². The van der Waals surface area contributed by atoms with Crippen LogP contribution in [-0.4, -0.2) is 27.8 Å². The monoisotopic (exact) mass is 578 g/mol. The van der Waals surface area contributed by atoms with Gasteiger partial charge in [-0.25, -0.2) is 4.79 Å². The maximum atomic E-state index is 13.5. The van der Waals surface area contributed by atoms with Crippen molar-refractivity contribution in [2.75, 3.05) is 6.61 Å². The molecule has 6 nitrogen and oxygen atoms in total. The van der Waals surface area contributed by atoms with Gasteiger partial charge in [-0.15, -0.1) is 0 Å². The molecular formula is C28H23Cl2F3N2O4. The van der Waals surface area contributed by atoms with Crippen molar-refractivity contribution in [3.63, 3.8) is 0 Å². The minimum atomic E-state index is -4.66. The summed E-state index contributed by atoms with van der Waals surface area (Å²) in [5.41, 5.74) is -0.545.